The second-order valence-corrected chi connectivity index (χ2v) is 6.19. The molecule has 2 rings (SSSR count). The van der Waals surface area contributed by atoms with Gasteiger partial charge in [0.2, 0.25) is 0 Å². The Balaban J connectivity index is 2.20. The highest BCUT2D eigenvalue weighted by Crippen LogP contribution is 2.32. The van der Waals surface area contributed by atoms with E-state index in [4.69, 9.17) is 0 Å². The van der Waals surface area contributed by atoms with Crippen LogP contribution in [0, 0.1) is 17.0 Å². The fraction of sp³-hybridized carbons (Fsp3) is 0.571. The molecule has 1 aromatic rings. The standard InChI is InChI=1S/C14H19BrN2O3/c1-9-7-12(10(15)8-13(9)17(19)20)16-11-5-3-2-4-6-14(11)18/h7-8,11,14,16,18H,2-6H2,1H3. The van der Waals surface area contributed by atoms with Crippen molar-refractivity contribution >= 4 is 27.3 Å². The molecule has 0 amide bonds. The molecular weight excluding hydrogens is 324 g/mol. The summed E-state index contributed by atoms with van der Waals surface area (Å²) >= 11 is 3.37. The van der Waals surface area contributed by atoms with Gasteiger partial charge in [0, 0.05) is 21.8 Å². The highest BCUT2D eigenvalue weighted by atomic mass is 79.9. The van der Waals surface area contributed by atoms with E-state index >= 15 is 0 Å². The zero-order chi connectivity index (χ0) is 14.7. The lowest BCUT2D eigenvalue weighted by molar-refractivity contribution is -0.385. The van der Waals surface area contributed by atoms with Gasteiger partial charge in [-0.25, -0.2) is 0 Å². The van der Waals surface area contributed by atoms with Crippen molar-refractivity contribution in [3.8, 4) is 0 Å². The number of nitrogens with zero attached hydrogens (tertiary/aromatic N) is 1. The van der Waals surface area contributed by atoms with Gasteiger partial charge in [-0.2, -0.15) is 0 Å². The summed E-state index contributed by atoms with van der Waals surface area (Å²) in [4.78, 5) is 10.5. The third-order valence-corrected chi connectivity index (χ3v) is 4.46. The normalized spacial score (nSPS) is 23.1. The fourth-order valence-corrected chi connectivity index (χ4v) is 3.08. The molecule has 2 atom stereocenters. The van der Waals surface area contributed by atoms with Gasteiger partial charge in [-0.15, -0.1) is 0 Å². The molecule has 1 aliphatic rings. The van der Waals surface area contributed by atoms with Crippen LogP contribution in [0.1, 0.15) is 37.7 Å². The lowest BCUT2D eigenvalue weighted by atomic mass is 10.1. The van der Waals surface area contributed by atoms with Crippen molar-refractivity contribution in [3.05, 3.63) is 32.3 Å². The van der Waals surface area contributed by atoms with Crippen LogP contribution in [0.15, 0.2) is 16.6 Å². The van der Waals surface area contributed by atoms with Crippen molar-refractivity contribution < 1.29 is 10.0 Å². The molecule has 0 saturated heterocycles. The van der Waals surface area contributed by atoms with Gasteiger partial charge in [0.1, 0.15) is 0 Å². The van der Waals surface area contributed by atoms with Crippen LogP contribution in [-0.2, 0) is 0 Å². The van der Waals surface area contributed by atoms with Crippen molar-refractivity contribution in [1.82, 2.24) is 0 Å². The number of benzene rings is 1. The van der Waals surface area contributed by atoms with Crippen molar-refractivity contribution in [2.75, 3.05) is 5.32 Å². The average molecular weight is 343 g/mol. The molecule has 0 bridgehead atoms. The Kier molecular flexibility index (Phi) is 4.99. The third-order valence-electron chi connectivity index (χ3n) is 3.80. The van der Waals surface area contributed by atoms with Crippen molar-refractivity contribution in [1.29, 1.82) is 0 Å². The number of nitrogens with one attached hydrogen (secondary N) is 1. The van der Waals surface area contributed by atoms with E-state index in [9.17, 15) is 15.2 Å². The number of anilines is 1. The third kappa shape index (κ3) is 3.49. The summed E-state index contributed by atoms with van der Waals surface area (Å²) in [6.45, 7) is 1.72. The number of hydrogen-bond donors (Lipinski definition) is 2. The second-order valence-electron chi connectivity index (χ2n) is 5.33. The fourth-order valence-electron chi connectivity index (χ4n) is 2.63. The van der Waals surface area contributed by atoms with Gasteiger partial charge < -0.3 is 10.4 Å². The van der Waals surface area contributed by atoms with E-state index in [2.05, 4.69) is 21.2 Å². The Morgan fingerprint density at radius 3 is 2.75 bits per heavy atom. The number of halogens is 1. The van der Waals surface area contributed by atoms with Crippen LogP contribution in [0.5, 0.6) is 0 Å². The van der Waals surface area contributed by atoms with Crippen molar-refractivity contribution in [2.24, 2.45) is 0 Å². The topological polar surface area (TPSA) is 75.4 Å². The van der Waals surface area contributed by atoms with Crippen LogP contribution in [0.25, 0.3) is 0 Å². The van der Waals surface area contributed by atoms with Crippen molar-refractivity contribution in [2.45, 2.75) is 51.2 Å². The maximum atomic E-state index is 10.9. The molecule has 2 N–H and O–H groups in total. The van der Waals surface area contributed by atoms with E-state index in [0.29, 0.717) is 10.0 Å². The number of nitro benzene ring substituents is 1. The van der Waals surface area contributed by atoms with Gasteiger partial charge >= 0.3 is 0 Å². The summed E-state index contributed by atoms with van der Waals surface area (Å²) in [7, 11) is 0. The molecule has 1 saturated carbocycles. The summed E-state index contributed by atoms with van der Waals surface area (Å²) in [6.07, 6.45) is 4.67. The highest BCUT2D eigenvalue weighted by Gasteiger charge is 2.23. The maximum Gasteiger partial charge on any atom is 0.273 e. The predicted octanol–water partition coefficient (Wildman–Crippen LogP) is 3.77. The monoisotopic (exact) mass is 342 g/mol. The zero-order valence-electron chi connectivity index (χ0n) is 11.4. The van der Waals surface area contributed by atoms with Crippen LogP contribution >= 0.6 is 15.9 Å². The van der Waals surface area contributed by atoms with Gasteiger partial charge in [-0.3, -0.25) is 10.1 Å². The second kappa shape index (κ2) is 6.54. The Hall–Kier alpha value is -1.14. The summed E-state index contributed by atoms with van der Waals surface area (Å²) in [5.41, 5.74) is 1.52. The number of aliphatic hydroxyl groups excluding tert-OH is 1. The smallest absolute Gasteiger partial charge is 0.273 e. The summed E-state index contributed by atoms with van der Waals surface area (Å²) in [6, 6.07) is 3.29. The van der Waals surface area contributed by atoms with Crippen LogP contribution in [0.4, 0.5) is 11.4 Å². The first-order valence-corrected chi connectivity index (χ1v) is 7.67. The Labute approximate surface area is 126 Å². The molecule has 0 radical (unpaired) electrons. The molecule has 20 heavy (non-hydrogen) atoms. The van der Waals surface area contributed by atoms with Gasteiger partial charge in [-0.05, 0) is 41.8 Å². The molecule has 5 nitrogen and oxygen atoms in total. The first-order chi connectivity index (χ1) is 9.49. The van der Waals surface area contributed by atoms with Crippen LogP contribution in [0.2, 0.25) is 0 Å². The van der Waals surface area contributed by atoms with Crippen molar-refractivity contribution in [3.63, 3.8) is 0 Å². The molecule has 110 valence electrons. The molecule has 2 unspecified atom stereocenters. The van der Waals surface area contributed by atoms with E-state index in [1.807, 2.05) is 0 Å². The molecule has 0 aromatic heterocycles. The van der Waals surface area contributed by atoms with Gasteiger partial charge in [0.15, 0.2) is 0 Å². The lowest BCUT2D eigenvalue weighted by Gasteiger charge is -2.23. The molecular formula is C14H19BrN2O3. The largest absolute Gasteiger partial charge is 0.391 e. The quantitative estimate of drug-likeness (QED) is 0.498. The average Bonchev–Trinajstić information content (AvgIpc) is 2.58. The predicted molar refractivity (Wildman–Crippen MR) is 82.0 cm³/mol. The summed E-state index contributed by atoms with van der Waals surface area (Å²) in [5.74, 6) is 0. The lowest BCUT2D eigenvalue weighted by Crippen LogP contribution is -2.32. The zero-order valence-corrected chi connectivity index (χ0v) is 13.0. The summed E-state index contributed by atoms with van der Waals surface area (Å²) < 4.78 is 0.659. The number of aryl methyl sites for hydroxylation is 1. The number of aliphatic hydroxyl groups is 1. The first-order valence-electron chi connectivity index (χ1n) is 6.88. The Morgan fingerprint density at radius 2 is 2.05 bits per heavy atom. The maximum absolute atomic E-state index is 10.9. The Morgan fingerprint density at radius 1 is 1.35 bits per heavy atom. The van der Waals surface area contributed by atoms with E-state index in [1.165, 1.54) is 6.07 Å². The Bertz CT molecular complexity index is 507. The van der Waals surface area contributed by atoms with E-state index in [0.717, 1.165) is 37.8 Å². The molecule has 1 aliphatic carbocycles. The van der Waals surface area contributed by atoms with Crippen LogP contribution in [0.3, 0.4) is 0 Å². The minimum absolute atomic E-state index is 0.00894. The summed E-state index contributed by atoms with van der Waals surface area (Å²) in [5, 5.41) is 24.4. The number of nitro groups is 1. The van der Waals surface area contributed by atoms with Gasteiger partial charge in [-0.1, -0.05) is 19.3 Å². The number of hydrogen-bond acceptors (Lipinski definition) is 4. The minimum Gasteiger partial charge on any atom is -0.391 e. The molecule has 1 fully saturated rings. The molecule has 0 aliphatic heterocycles. The molecule has 0 spiro atoms. The molecule has 1 aromatic carbocycles. The molecule has 6 heteroatoms. The van der Waals surface area contributed by atoms with E-state index in [-0.39, 0.29) is 22.8 Å². The molecule has 0 heterocycles. The number of rotatable bonds is 3. The SMILES string of the molecule is Cc1cc(NC2CCCCCC2O)c(Br)cc1[N+](=O)[O-]. The van der Waals surface area contributed by atoms with Crippen LogP contribution < -0.4 is 5.32 Å². The minimum atomic E-state index is -0.385. The van der Waals surface area contributed by atoms with Crippen LogP contribution in [-0.4, -0.2) is 22.2 Å². The van der Waals surface area contributed by atoms with E-state index < -0.39 is 0 Å². The van der Waals surface area contributed by atoms with Gasteiger partial charge in [0.05, 0.1) is 17.1 Å². The highest BCUT2D eigenvalue weighted by molar-refractivity contribution is 9.10. The first kappa shape index (κ1) is 15.3. The van der Waals surface area contributed by atoms with Gasteiger partial charge in [0.25, 0.3) is 5.69 Å². The van der Waals surface area contributed by atoms with E-state index in [1.54, 1.807) is 13.0 Å².